The van der Waals surface area contributed by atoms with Crippen LogP contribution < -0.4 is 0 Å². The van der Waals surface area contributed by atoms with E-state index < -0.39 is 0 Å². The van der Waals surface area contributed by atoms with Crippen LogP contribution in [0, 0.1) is 6.92 Å². The smallest absolute Gasteiger partial charge is 0.198 e. The number of nitrogens with zero attached hydrogens (tertiary/aromatic N) is 5. The monoisotopic (exact) mass is 185 g/mol. The van der Waals surface area contributed by atoms with Crippen molar-refractivity contribution >= 4 is 16.7 Å². The standard InChI is InChI=1S/C9H7N5/c1-6-3-2-4-7-9(6)14-8(5-10-7)11-12-13-14/h2-5H,1H3. The second-order valence-corrected chi connectivity index (χ2v) is 3.15. The van der Waals surface area contributed by atoms with E-state index in [1.165, 1.54) is 0 Å². The number of hydrogen-bond acceptors (Lipinski definition) is 4. The second-order valence-electron chi connectivity index (χ2n) is 3.15. The fourth-order valence-corrected chi connectivity index (χ4v) is 1.58. The van der Waals surface area contributed by atoms with Crippen LogP contribution in [0.4, 0.5) is 0 Å². The molecule has 5 nitrogen and oxygen atoms in total. The van der Waals surface area contributed by atoms with Gasteiger partial charge in [0.25, 0.3) is 0 Å². The highest BCUT2D eigenvalue weighted by atomic mass is 15.5. The maximum absolute atomic E-state index is 4.28. The molecule has 0 aliphatic rings. The molecule has 0 saturated heterocycles. The zero-order valence-electron chi connectivity index (χ0n) is 7.55. The topological polar surface area (TPSA) is 56.0 Å². The number of rotatable bonds is 0. The van der Waals surface area contributed by atoms with Gasteiger partial charge in [-0.1, -0.05) is 12.1 Å². The molecule has 14 heavy (non-hydrogen) atoms. The third kappa shape index (κ3) is 0.834. The molecule has 2 aromatic heterocycles. The molecule has 0 fully saturated rings. The summed E-state index contributed by atoms with van der Waals surface area (Å²) in [6, 6.07) is 5.94. The minimum Gasteiger partial charge on any atom is -0.251 e. The molecule has 68 valence electrons. The van der Waals surface area contributed by atoms with Crippen molar-refractivity contribution in [2.75, 3.05) is 0 Å². The molecule has 0 spiro atoms. The number of aryl methyl sites for hydroxylation is 1. The van der Waals surface area contributed by atoms with Gasteiger partial charge in [0.05, 0.1) is 17.2 Å². The van der Waals surface area contributed by atoms with Gasteiger partial charge in [-0.3, -0.25) is 4.98 Å². The van der Waals surface area contributed by atoms with Gasteiger partial charge in [0.2, 0.25) is 0 Å². The zero-order valence-corrected chi connectivity index (χ0v) is 7.55. The molecule has 3 aromatic rings. The normalized spacial score (nSPS) is 11.2. The van der Waals surface area contributed by atoms with Gasteiger partial charge >= 0.3 is 0 Å². The van der Waals surface area contributed by atoms with Crippen molar-refractivity contribution in [2.45, 2.75) is 6.92 Å². The van der Waals surface area contributed by atoms with Gasteiger partial charge in [0.1, 0.15) is 0 Å². The van der Waals surface area contributed by atoms with E-state index in [2.05, 4.69) is 20.5 Å². The summed E-state index contributed by atoms with van der Waals surface area (Å²) in [5, 5.41) is 11.4. The van der Waals surface area contributed by atoms with E-state index in [-0.39, 0.29) is 0 Å². The minimum absolute atomic E-state index is 0.673. The summed E-state index contributed by atoms with van der Waals surface area (Å²) < 4.78 is 1.71. The molecule has 0 N–H and O–H groups in total. The number of para-hydroxylation sites is 1. The Balaban J connectivity index is 2.67. The number of aromatic nitrogens is 5. The molecular weight excluding hydrogens is 178 g/mol. The first-order valence-corrected chi connectivity index (χ1v) is 4.29. The van der Waals surface area contributed by atoms with Crippen molar-refractivity contribution in [1.29, 1.82) is 0 Å². The van der Waals surface area contributed by atoms with Crippen molar-refractivity contribution in [1.82, 2.24) is 25.0 Å². The lowest BCUT2D eigenvalue weighted by Crippen LogP contribution is -1.94. The van der Waals surface area contributed by atoms with Gasteiger partial charge in [-0.25, -0.2) is 0 Å². The largest absolute Gasteiger partial charge is 0.251 e. The summed E-state index contributed by atoms with van der Waals surface area (Å²) in [5.41, 5.74) is 3.67. The van der Waals surface area contributed by atoms with E-state index in [0.717, 1.165) is 16.6 Å². The quantitative estimate of drug-likeness (QED) is 0.524. The fraction of sp³-hybridized carbons (Fsp3) is 0.111. The maximum Gasteiger partial charge on any atom is 0.198 e. The summed E-state index contributed by atoms with van der Waals surface area (Å²) in [6.45, 7) is 2.02. The third-order valence-corrected chi connectivity index (χ3v) is 2.24. The fourth-order valence-electron chi connectivity index (χ4n) is 1.58. The SMILES string of the molecule is Cc1cccc2ncc3nnnn3c12. The molecule has 0 amide bonds. The van der Waals surface area contributed by atoms with Crippen LogP contribution in [0.3, 0.4) is 0 Å². The van der Waals surface area contributed by atoms with Gasteiger partial charge in [0.15, 0.2) is 5.65 Å². The third-order valence-electron chi connectivity index (χ3n) is 2.24. The molecule has 0 saturated carbocycles. The van der Waals surface area contributed by atoms with E-state index in [9.17, 15) is 0 Å². The molecule has 0 bridgehead atoms. The average Bonchev–Trinajstić information content (AvgIpc) is 2.65. The molecular formula is C9H7N5. The molecule has 0 radical (unpaired) electrons. The molecule has 1 aromatic carbocycles. The van der Waals surface area contributed by atoms with Crippen LogP contribution in [-0.4, -0.2) is 25.0 Å². The molecule has 0 atom stereocenters. The van der Waals surface area contributed by atoms with Crippen LogP contribution in [0.1, 0.15) is 5.56 Å². The maximum atomic E-state index is 4.28. The Kier molecular flexibility index (Phi) is 1.30. The minimum atomic E-state index is 0.673. The van der Waals surface area contributed by atoms with Gasteiger partial charge < -0.3 is 0 Å². The van der Waals surface area contributed by atoms with Crippen LogP contribution in [0.2, 0.25) is 0 Å². The number of benzene rings is 1. The van der Waals surface area contributed by atoms with Gasteiger partial charge in [-0.2, -0.15) is 4.52 Å². The lowest BCUT2D eigenvalue weighted by Gasteiger charge is -2.01. The highest BCUT2D eigenvalue weighted by Crippen LogP contribution is 2.15. The van der Waals surface area contributed by atoms with Crippen molar-refractivity contribution < 1.29 is 0 Å². The lowest BCUT2D eigenvalue weighted by molar-refractivity contribution is 0.839. The Morgan fingerprint density at radius 3 is 3.14 bits per heavy atom. The van der Waals surface area contributed by atoms with E-state index in [0.29, 0.717) is 5.65 Å². The summed E-state index contributed by atoms with van der Waals surface area (Å²) in [7, 11) is 0. The Morgan fingerprint density at radius 1 is 1.29 bits per heavy atom. The lowest BCUT2D eigenvalue weighted by atomic mass is 10.2. The van der Waals surface area contributed by atoms with Gasteiger partial charge in [-0.05, 0) is 29.0 Å². The van der Waals surface area contributed by atoms with E-state index in [1.807, 2.05) is 25.1 Å². The first-order chi connectivity index (χ1) is 6.86. The summed E-state index contributed by atoms with van der Waals surface area (Å²) >= 11 is 0. The van der Waals surface area contributed by atoms with E-state index in [4.69, 9.17) is 0 Å². The summed E-state index contributed by atoms with van der Waals surface area (Å²) in [4.78, 5) is 4.28. The molecule has 3 rings (SSSR count). The van der Waals surface area contributed by atoms with Crippen molar-refractivity contribution in [3.8, 4) is 0 Å². The second kappa shape index (κ2) is 2.47. The first kappa shape index (κ1) is 7.37. The molecule has 0 unspecified atom stereocenters. The van der Waals surface area contributed by atoms with Gasteiger partial charge in [-0.15, -0.1) is 5.10 Å². The van der Waals surface area contributed by atoms with Crippen molar-refractivity contribution in [3.63, 3.8) is 0 Å². The predicted molar refractivity (Wildman–Crippen MR) is 50.8 cm³/mol. The van der Waals surface area contributed by atoms with Crippen molar-refractivity contribution in [2.24, 2.45) is 0 Å². The number of tetrazole rings is 1. The van der Waals surface area contributed by atoms with Crippen molar-refractivity contribution in [3.05, 3.63) is 30.0 Å². The zero-order chi connectivity index (χ0) is 9.54. The predicted octanol–water partition coefficient (Wildman–Crippen LogP) is 0.981. The molecule has 5 heteroatoms. The van der Waals surface area contributed by atoms with Crippen LogP contribution in [0.15, 0.2) is 24.4 Å². The highest BCUT2D eigenvalue weighted by Gasteiger charge is 2.05. The summed E-state index contributed by atoms with van der Waals surface area (Å²) in [5.74, 6) is 0. The Bertz CT molecular complexity index is 613. The Hall–Kier alpha value is -2.04. The summed E-state index contributed by atoms with van der Waals surface area (Å²) in [6.07, 6.45) is 1.67. The number of hydrogen-bond donors (Lipinski definition) is 0. The molecule has 2 heterocycles. The van der Waals surface area contributed by atoms with Gasteiger partial charge in [0, 0.05) is 0 Å². The Morgan fingerprint density at radius 2 is 2.21 bits per heavy atom. The van der Waals surface area contributed by atoms with Crippen LogP contribution in [0.5, 0.6) is 0 Å². The van der Waals surface area contributed by atoms with Crippen LogP contribution in [0.25, 0.3) is 16.7 Å². The molecule has 0 aliphatic heterocycles. The van der Waals surface area contributed by atoms with Crippen LogP contribution >= 0.6 is 0 Å². The highest BCUT2D eigenvalue weighted by molar-refractivity contribution is 5.79. The first-order valence-electron chi connectivity index (χ1n) is 4.29. The number of fused-ring (bicyclic) bond motifs is 3. The average molecular weight is 185 g/mol. The molecule has 0 aliphatic carbocycles. The van der Waals surface area contributed by atoms with E-state index in [1.54, 1.807) is 10.7 Å². The Labute approximate surface area is 79.4 Å². The van der Waals surface area contributed by atoms with Crippen LogP contribution in [-0.2, 0) is 0 Å². The van der Waals surface area contributed by atoms with E-state index >= 15 is 0 Å².